The van der Waals surface area contributed by atoms with Gasteiger partial charge >= 0.3 is 0 Å². The van der Waals surface area contributed by atoms with Gasteiger partial charge in [0.05, 0.1) is 16.3 Å². The summed E-state index contributed by atoms with van der Waals surface area (Å²) in [6.45, 7) is 7.61. The van der Waals surface area contributed by atoms with Gasteiger partial charge in [-0.05, 0) is 64.1 Å². The number of hydrogen-bond acceptors (Lipinski definition) is 3. The fourth-order valence-corrected chi connectivity index (χ4v) is 4.33. The molecule has 0 amide bonds. The Kier molecular flexibility index (Phi) is 5.66. The van der Waals surface area contributed by atoms with Gasteiger partial charge in [-0.15, -0.1) is 0 Å². The van der Waals surface area contributed by atoms with Crippen LogP contribution in [0.15, 0.2) is 82.7 Å². The maximum atomic E-state index is 13.5. The molecule has 4 nitrogen and oxygen atoms in total. The Morgan fingerprint density at radius 1 is 0.714 bits per heavy atom. The standard InChI is InChI=1S/C23H24N2O2S/c1-17-5-11-21(12-6-17)24-20(4)25(22-13-7-18(2)8-14-22)28(26,27)23-15-9-19(3)10-16-23/h5-16H,1-4H3. The quantitative estimate of drug-likeness (QED) is 0.431. The number of nitrogens with zero attached hydrogens (tertiary/aromatic N) is 2. The zero-order valence-corrected chi connectivity index (χ0v) is 17.4. The van der Waals surface area contributed by atoms with E-state index in [-0.39, 0.29) is 4.90 Å². The Labute approximate surface area is 167 Å². The number of benzene rings is 3. The lowest BCUT2D eigenvalue weighted by atomic mass is 10.2. The molecule has 0 bridgehead atoms. The first-order valence-corrected chi connectivity index (χ1v) is 10.5. The first-order valence-electron chi connectivity index (χ1n) is 9.08. The highest BCUT2D eigenvalue weighted by molar-refractivity contribution is 7.93. The van der Waals surface area contributed by atoms with Crippen LogP contribution in [0.5, 0.6) is 0 Å². The SMILES string of the molecule is CC(=Nc1ccc(C)cc1)N(c1ccc(C)cc1)S(=O)(=O)c1ccc(C)cc1. The number of hydrogen-bond donors (Lipinski definition) is 0. The van der Waals surface area contributed by atoms with Crippen molar-refractivity contribution in [2.75, 3.05) is 4.31 Å². The van der Waals surface area contributed by atoms with Gasteiger partial charge < -0.3 is 0 Å². The van der Waals surface area contributed by atoms with Crippen LogP contribution >= 0.6 is 0 Å². The van der Waals surface area contributed by atoms with Crippen LogP contribution in [0.1, 0.15) is 23.6 Å². The van der Waals surface area contributed by atoms with Crippen LogP contribution in [0, 0.1) is 20.8 Å². The van der Waals surface area contributed by atoms with Gasteiger partial charge in [-0.25, -0.2) is 17.7 Å². The fourth-order valence-electron chi connectivity index (χ4n) is 2.85. The second-order valence-electron chi connectivity index (χ2n) is 6.91. The molecule has 0 heterocycles. The average molecular weight is 393 g/mol. The topological polar surface area (TPSA) is 49.7 Å². The van der Waals surface area contributed by atoms with Crippen molar-refractivity contribution in [2.45, 2.75) is 32.6 Å². The van der Waals surface area contributed by atoms with E-state index in [1.165, 1.54) is 4.31 Å². The van der Waals surface area contributed by atoms with Crippen molar-refractivity contribution in [3.05, 3.63) is 89.5 Å². The summed E-state index contributed by atoms with van der Waals surface area (Å²) in [5.74, 6) is 0.383. The Morgan fingerprint density at radius 3 is 1.64 bits per heavy atom. The van der Waals surface area contributed by atoms with E-state index < -0.39 is 10.0 Å². The number of anilines is 1. The molecular weight excluding hydrogens is 368 g/mol. The van der Waals surface area contributed by atoms with Gasteiger partial charge in [0.2, 0.25) is 0 Å². The summed E-state index contributed by atoms with van der Waals surface area (Å²) in [6, 6.07) is 21.9. The number of aliphatic imine (C=N–C) groups is 1. The Hall–Kier alpha value is -2.92. The minimum Gasteiger partial charge on any atom is -0.235 e. The van der Waals surface area contributed by atoms with Gasteiger partial charge in [0, 0.05) is 0 Å². The molecule has 0 aliphatic rings. The molecule has 0 atom stereocenters. The molecule has 3 rings (SSSR count). The lowest BCUT2D eigenvalue weighted by Crippen LogP contribution is -2.35. The highest BCUT2D eigenvalue weighted by atomic mass is 32.2. The third-order valence-electron chi connectivity index (χ3n) is 4.45. The largest absolute Gasteiger partial charge is 0.269 e. The molecule has 3 aromatic rings. The van der Waals surface area contributed by atoms with Crippen molar-refractivity contribution >= 4 is 27.2 Å². The number of sulfonamides is 1. The highest BCUT2D eigenvalue weighted by Crippen LogP contribution is 2.26. The summed E-state index contributed by atoms with van der Waals surface area (Å²) >= 11 is 0. The summed E-state index contributed by atoms with van der Waals surface area (Å²) in [7, 11) is -3.81. The van der Waals surface area contributed by atoms with Gasteiger partial charge in [-0.2, -0.15) is 0 Å². The molecule has 0 aromatic heterocycles. The van der Waals surface area contributed by atoms with Crippen LogP contribution < -0.4 is 4.31 Å². The summed E-state index contributed by atoms with van der Waals surface area (Å²) in [5, 5.41) is 0. The lowest BCUT2D eigenvalue weighted by molar-refractivity contribution is 0.597. The summed E-state index contributed by atoms with van der Waals surface area (Å²) in [5.41, 5.74) is 4.45. The third-order valence-corrected chi connectivity index (χ3v) is 6.27. The van der Waals surface area contributed by atoms with Crippen LogP contribution in [-0.4, -0.2) is 14.3 Å². The Balaban J connectivity index is 2.13. The molecule has 0 fully saturated rings. The summed E-state index contributed by atoms with van der Waals surface area (Å²) in [6.07, 6.45) is 0. The van der Waals surface area contributed by atoms with E-state index in [2.05, 4.69) is 4.99 Å². The van der Waals surface area contributed by atoms with Gasteiger partial charge in [0.1, 0.15) is 5.84 Å². The van der Waals surface area contributed by atoms with E-state index in [1.807, 2.05) is 57.2 Å². The molecule has 0 spiro atoms. The van der Waals surface area contributed by atoms with Crippen molar-refractivity contribution in [1.82, 2.24) is 0 Å². The minimum atomic E-state index is -3.81. The Morgan fingerprint density at radius 2 is 1.14 bits per heavy atom. The van der Waals surface area contributed by atoms with Gasteiger partial charge in [0.15, 0.2) is 0 Å². The predicted octanol–water partition coefficient (Wildman–Crippen LogP) is 5.56. The third kappa shape index (κ3) is 4.31. The van der Waals surface area contributed by atoms with Crippen LogP contribution in [0.4, 0.5) is 11.4 Å². The van der Waals surface area contributed by atoms with Crippen molar-refractivity contribution < 1.29 is 8.42 Å². The fraction of sp³-hybridized carbons (Fsp3) is 0.174. The molecule has 0 N–H and O–H groups in total. The van der Waals surface area contributed by atoms with Crippen LogP contribution in [0.25, 0.3) is 0 Å². The van der Waals surface area contributed by atoms with E-state index in [9.17, 15) is 8.42 Å². The Bertz CT molecular complexity index is 1080. The molecule has 0 aliphatic carbocycles. The molecule has 144 valence electrons. The van der Waals surface area contributed by atoms with E-state index in [0.717, 1.165) is 16.7 Å². The number of rotatable bonds is 4. The minimum absolute atomic E-state index is 0.233. The average Bonchev–Trinajstić information content (AvgIpc) is 2.65. The summed E-state index contributed by atoms with van der Waals surface area (Å²) in [4.78, 5) is 4.81. The first kappa shape index (κ1) is 19.8. The second kappa shape index (κ2) is 7.98. The first-order chi connectivity index (χ1) is 13.3. The molecular formula is C23H24N2O2S. The van der Waals surface area contributed by atoms with Gasteiger partial charge in [-0.1, -0.05) is 53.1 Å². The number of aryl methyl sites for hydroxylation is 3. The molecule has 5 heteroatoms. The van der Waals surface area contributed by atoms with Crippen LogP contribution in [-0.2, 0) is 10.0 Å². The second-order valence-corrected chi connectivity index (χ2v) is 8.70. The zero-order chi connectivity index (χ0) is 20.3. The predicted molar refractivity (Wildman–Crippen MR) is 116 cm³/mol. The molecule has 0 saturated carbocycles. The summed E-state index contributed by atoms with van der Waals surface area (Å²) < 4.78 is 28.2. The molecule has 3 aromatic carbocycles. The smallest absolute Gasteiger partial charge is 0.235 e. The van der Waals surface area contributed by atoms with E-state index in [0.29, 0.717) is 17.2 Å². The highest BCUT2D eigenvalue weighted by Gasteiger charge is 2.27. The van der Waals surface area contributed by atoms with Crippen LogP contribution in [0.3, 0.4) is 0 Å². The van der Waals surface area contributed by atoms with Crippen molar-refractivity contribution in [3.63, 3.8) is 0 Å². The molecule has 0 saturated heterocycles. The van der Waals surface area contributed by atoms with Gasteiger partial charge in [-0.3, -0.25) is 0 Å². The lowest BCUT2D eigenvalue weighted by Gasteiger charge is -2.24. The van der Waals surface area contributed by atoms with Gasteiger partial charge in [0.25, 0.3) is 10.0 Å². The van der Waals surface area contributed by atoms with E-state index in [1.54, 1.807) is 43.3 Å². The molecule has 0 unspecified atom stereocenters. The van der Waals surface area contributed by atoms with Crippen molar-refractivity contribution in [2.24, 2.45) is 4.99 Å². The monoisotopic (exact) mass is 392 g/mol. The maximum Gasteiger partial charge on any atom is 0.269 e. The van der Waals surface area contributed by atoms with E-state index >= 15 is 0 Å². The molecule has 28 heavy (non-hydrogen) atoms. The van der Waals surface area contributed by atoms with Crippen LogP contribution in [0.2, 0.25) is 0 Å². The van der Waals surface area contributed by atoms with Crippen molar-refractivity contribution in [1.29, 1.82) is 0 Å². The maximum absolute atomic E-state index is 13.5. The van der Waals surface area contributed by atoms with E-state index in [4.69, 9.17) is 0 Å². The molecule has 0 radical (unpaired) electrons. The number of amidine groups is 1. The normalized spacial score (nSPS) is 12.1. The van der Waals surface area contributed by atoms with Crippen molar-refractivity contribution in [3.8, 4) is 0 Å². The molecule has 0 aliphatic heterocycles. The zero-order valence-electron chi connectivity index (χ0n) is 16.5.